The number of amides is 1. The van der Waals surface area contributed by atoms with Crippen molar-refractivity contribution in [2.24, 2.45) is 5.92 Å². The van der Waals surface area contributed by atoms with Gasteiger partial charge in [-0.05, 0) is 25.5 Å². The summed E-state index contributed by atoms with van der Waals surface area (Å²) in [5.41, 5.74) is 2.20. The maximum absolute atomic E-state index is 11.9. The zero-order valence-electron chi connectivity index (χ0n) is 13.0. The highest BCUT2D eigenvalue weighted by Crippen LogP contribution is 2.18. The highest BCUT2D eigenvalue weighted by atomic mass is 16.5. The van der Waals surface area contributed by atoms with Crippen LogP contribution in [0.15, 0.2) is 18.2 Å². The summed E-state index contributed by atoms with van der Waals surface area (Å²) < 4.78 is 5.60. The van der Waals surface area contributed by atoms with E-state index in [4.69, 9.17) is 9.84 Å². The molecule has 0 radical (unpaired) electrons. The number of aryl methyl sites for hydroxylation is 2. The summed E-state index contributed by atoms with van der Waals surface area (Å²) >= 11 is 0. The number of carbonyl (C=O) groups is 2. The average molecular weight is 293 g/mol. The minimum Gasteiger partial charge on any atom is -0.493 e. The van der Waals surface area contributed by atoms with Gasteiger partial charge in [0.15, 0.2) is 0 Å². The second-order valence-corrected chi connectivity index (χ2v) is 5.38. The molecule has 0 aliphatic heterocycles. The fraction of sp³-hybridized carbons (Fsp3) is 0.500. The molecule has 1 N–H and O–H groups in total. The van der Waals surface area contributed by atoms with Gasteiger partial charge in [-0.15, -0.1) is 0 Å². The van der Waals surface area contributed by atoms with Gasteiger partial charge in [0.2, 0.25) is 5.91 Å². The number of carboxylic acids is 1. The molecule has 1 unspecified atom stereocenters. The van der Waals surface area contributed by atoms with Gasteiger partial charge < -0.3 is 14.7 Å². The van der Waals surface area contributed by atoms with E-state index in [1.807, 2.05) is 32.0 Å². The van der Waals surface area contributed by atoms with Gasteiger partial charge in [-0.25, -0.2) is 0 Å². The standard InChI is InChI=1S/C16H23NO4/c1-11-5-6-14(12(2)9-11)21-8-7-15(18)17(4)10-13(3)16(19)20/h5-6,9,13H,7-8,10H2,1-4H3,(H,19,20). The third-order valence-electron chi connectivity index (χ3n) is 3.30. The summed E-state index contributed by atoms with van der Waals surface area (Å²) in [5.74, 6) is -0.816. The number of nitrogens with zero attached hydrogens (tertiary/aromatic N) is 1. The van der Waals surface area contributed by atoms with Crippen molar-refractivity contribution in [3.63, 3.8) is 0 Å². The van der Waals surface area contributed by atoms with Gasteiger partial charge in [0.1, 0.15) is 5.75 Å². The van der Waals surface area contributed by atoms with Crippen LogP contribution in [-0.4, -0.2) is 42.1 Å². The van der Waals surface area contributed by atoms with E-state index in [9.17, 15) is 9.59 Å². The van der Waals surface area contributed by atoms with Gasteiger partial charge in [-0.3, -0.25) is 9.59 Å². The zero-order valence-corrected chi connectivity index (χ0v) is 13.0. The number of hydrogen-bond acceptors (Lipinski definition) is 3. The molecular formula is C16H23NO4. The van der Waals surface area contributed by atoms with Crippen molar-refractivity contribution >= 4 is 11.9 Å². The zero-order chi connectivity index (χ0) is 16.0. The average Bonchev–Trinajstić information content (AvgIpc) is 2.40. The lowest BCUT2D eigenvalue weighted by Crippen LogP contribution is -2.34. The van der Waals surface area contributed by atoms with Crippen LogP contribution in [0.25, 0.3) is 0 Å². The highest BCUT2D eigenvalue weighted by molar-refractivity contribution is 5.77. The highest BCUT2D eigenvalue weighted by Gasteiger charge is 2.17. The summed E-state index contributed by atoms with van der Waals surface area (Å²) in [6, 6.07) is 5.88. The molecule has 0 aromatic heterocycles. The number of rotatable bonds is 7. The molecule has 0 fully saturated rings. The summed E-state index contributed by atoms with van der Waals surface area (Å²) in [7, 11) is 1.61. The van der Waals surface area contributed by atoms with Gasteiger partial charge in [-0.2, -0.15) is 0 Å². The van der Waals surface area contributed by atoms with Crippen molar-refractivity contribution in [2.45, 2.75) is 27.2 Å². The molecule has 1 rings (SSSR count). The molecule has 1 atom stereocenters. The molecule has 116 valence electrons. The van der Waals surface area contributed by atoms with Crippen molar-refractivity contribution in [1.82, 2.24) is 4.90 Å². The summed E-state index contributed by atoms with van der Waals surface area (Å²) in [5, 5.41) is 8.83. The van der Waals surface area contributed by atoms with Crippen molar-refractivity contribution < 1.29 is 19.4 Å². The second-order valence-electron chi connectivity index (χ2n) is 5.38. The van der Waals surface area contributed by atoms with Crippen LogP contribution in [0, 0.1) is 19.8 Å². The van der Waals surface area contributed by atoms with E-state index in [0.29, 0.717) is 0 Å². The normalized spacial score (nSPS) is 11.8. The molecule has 0 heterocycles. The topological polar surface area (TPSA) is 66.8 Å². The first kappa shape index (κ1) is 17.0. The molecule has 0 saturated heterocycles. The lowest BCUT2D eigenvalue weighted by Gasteiger charge is -2.19. The molecule has 0 spiro atoms. The molecule has 1 aromatic rings. The van der Waals surface area contributed by atoms with Gasteiger partial charge in [0.05, 0.1) is 18.9 Å². The van der Waals surface area contributed by atoms with E-state index in [-0.39, 0.29) is 25.5 Å². The SMILES string of the molecule is Cc1ccc(OCCC(=O)N(C)CC(C)C(=O)O)c(C)c1. The van der Waals surface area contributed by atoms with Crippen molar-refractivity contribution in [2.75, 3.05) is 20.2 Å². The first-order chi connectivity index (χ1) is 9.81. The molecular weight excluding hydrogens is 270 g/mol. The van der Waals surface area contributed by atoms with E-state index in [2.05, 4.69) is 0 Å². The third-order valence-corrected chi connectivity index (χ3v) is 3.30. The van der Waals surface area contributed by atoms with Crippen LogP contribution < -0.4 is 4.74 Å². The Hall–Kier alpha value is -2.04. The maximum atomic E-state index is 11.9. The Morgan fingerprint density at radius 3 is 2.57 bits per heavy atom. The van der Waals surface area contributed by atoms with Crippen molar-refractivity contribution in [3.05, 3.63) is 29.3 Å². The first-order valence-electron chi connectivity index (χ1n) is 6.98. The molecule has 0 saturated carbocycles. The van der Waals surface area contributed by atoms with E-state index in [0.717, 1.165) is 11.3 Å². The van der Waals surface area contributed by atoms with Crippen LogP contribution in [0.1, 0.15) is 24.5 Å². The Morgan fingerprint density at radius 2 is 2.00 bits per heavy atom. The molecule has 0 aliphatic rings. The Labute approximate surface area is 125 Å². The van der Waals surface area contributed by atoms with Crippen molar-refractivity contribution in [3.8, 4) is 5.75 Å². The lowest BCUT2D eigenvalue weighted by atomic mass is 10.1. The fourth-order valence-corrected chi connectivity index (χ4v) is 1.99. The predicted molar refractivity (Wildman–Crippen MR) is 80.5 cm³/mol. The number of benzene rings is 1. The van der Waals surface area contributed by atoms with Crippen LogP contribution in [0.2, 0.25) is 0 Å². The Balaban J connectivity index is 2.41. The van der Waals surface area contributed by atoms with Gasteiger partial charge in [0, 0.05) is 13.6 Å². The Kier molecular flexibility index (Phi) is 6.21. The van der Waals surface area contributed by atoms with Crippen LogP contribution >= 0.6 is 0 Å². The number of hydrogen-bond donors (Lipinski definition) is 1. The van der Waals surface area contributed by atoms with Gasteiger partial charge >= 0.3 is 5.97 Å². The second kappa shape index (κ2) is 7.67. The largest absolute Gasteiger partial charge is 0.493 e. The smallest absolute Gasteiger partial charge is 0.308 e. The summed E-state index contributed by atoms with van der Waals surface area (Å²) in [6.45, 7) is 6.05. The van der Waals surface area contributed by atoms with Gasteiger partial charge in [0.25, 0.3) is 0 Å². The van der Waals surface area contributed by atoms with Crippen LogP contribution in [0.4, 0.5) is 0 Å². The minimum atomic E-state index is -0.902. The quantitative estimate of drug-likeness (QED) is 0.837. The monoisotopic (exact) mass is 293 g/mol. The lowest BCUT2D eigenvalue weighted by molar-refractivity contribution is -0.142. The summed E-state index contributed by atoms with van der Waals surface area (Å²) in [6.07, 6.45) is 0.232. The molecule has 0 bridgehead atoms. The van der Waals surface area contributed by atoms with Crippen LogP contribution in [0.5, 0.6) is 5.75 Å². The maximum Gasteiger partial charge on any atom is 0.308 e. The molecule has 21 heavy (non-hydrogen) atoms. The molecule has 5 nitrogen and oxygen atoms in total. The van der Waals surface area contributed by atoms with E-state index in [1.165, 1.54) is 10.5 Å². The van der Waals surface area contributed by atoms with Crippen molar-refractivity contribution in [1.29, 1.82) is 0 Å². The Morgan fingerprint density at radius 1 is 1.33 bits per heavy atom. The van der Waals surface area contributed by atoms with E-state index in [1.54, 1.807) is 14.0 Å². The molecule has 1 amide bonds. The Bertz CT molecular complexity index is 513. The number of carbonyl (C=O) groups excluding carboxylic acids is 1. The van der Waals surface area contributed by atoms with Crippen LogP contribution in [0.3, 0.4) is 0 Å². The summed E-state index contributed by atoms with van der Waals surface area (Å²) in [4.78, 5) is 24.1. The molecule has 5 heteroatoms. The predicted octanol–water partition coefficient (Wildman–Crippen LogP) is 2.25. The minimum absolute atomic E-state index is 0.118. The third kappa shape index (κ3) is 5.45. The molecule has 1 aromatic carbocycles. The fourth-order valence-electron chi connectivity index (χ4n) is 1.99. The van der Waals surface area contributed by atoms with Crippen LogP contribution in [-0.2, 0) is 9.59 Å². The van der Waals surface area contributed by atoms with E-state index < -0.39 is 11.9 Å². The van der Waals surface area contributed by atoms with E-state index >= 15 is 0 Å². The first-order valence-corrected chi connectivity index (χ1v) is 6.98. The van der Waals surface area contributed by atoms with Gasteiger partial charge in [-0.1, -0.05) is 24.6 Å². The number of carboxylic acid groups (broad SMARTS) is 1. The number of ether oxygens (including phenoxy) is 1. The molecule has 0 aliphatic carbocycles. The number of aliphatic carboxylic acids is 1.